The smallest absolute Gasteiger partial charge is 0.165 e. The Labute approximate surface area is 121 Å². The zero-order valence-corrected chi connectivity index (χ0v) is 12.8. The van der Waals surface area contributed by atoms with Gasteiger partial charge in [0.1, 0.15) is 5.75 Å². The van der Waals surface area contributed by atoms with E-state index in [0.717, 1.165) is 24.2 Å². The summed E-state index contributed by atoms with van der Waals surface area (Å²) in [5.74, 6) is 0.769. The Kier molecular flexibility index (Phi) is 5.05. The molecule has 110 valence electrons. The number of rotatable bonds is 4. The van der Waals surface area contributed by atoms with Crippen LogP contribution in [0.2, 0.25) is 0 Å². The Balaban J connectivity index is 2.46. The van der Waals surface area contributed by atoms with Gasteiger partial charge in [0.15, 0.2) is 5.78 Å². The summed E-state index contributed by atoms with van der Waals surface area (Å²) in [7, 11) is 1.63. The van der Waals surface area contributed by atoms with Gasteiger partial charge in [0.05, 0.1) is 18.4 Å². The molecule has 3 heteroatoms. The number of Topliss-reactive ketones (excluding diaryl/α,β-unsaturated/α-hetero) is 1. The minimum Gasteiger partial charge on any atom is -0.496 e. The number of methoxy groups -OCH3 is 1. The van der Waals surface area contributed by atoms with Gasteiger partial charge in [-0.3, -0.25) is 4.79 Å². The molecule has 20 heavy (non-hydrogen) atoms. The Morgan fingerprint density at radius 2 is 2.15 bits per heavy atom. The average Bonchev–Trinajstić information content (AvgIpc) is 2.71. The number of ketones is 1. The largest absolute Gasteiger partial charge is 0.496 e. The lowest BCUT2D eigenvalue weighted by Gasteiger charge is -2.33. The first kappa shape index (κ1) is 14.9. The van der Waals surface area contributed by atoms with Crippen LogP contribution < -0.4 is 9.64 Å². The fourth-order valence-electron chi connectivity index (χ4n) is 3.20. The Hall–Kier alpha value is -1.51. The van der Waals surface area contributed by atoms with E-state index in [0.29, 0.717) is 11.8 Å². The molecule has 0 saturated carbocycles. The quantitative estimate of drug-likeness (QED) is 0.776. The number of ether oxygens (including phenoxy) is 1. The van der Waals surface area contributed by atoms with Gasteiger partial charge < -0.3 is 9.64 Å². The fraction of sp³-hybridized carbons (Fsp3) is 0.588. The Bertz CT molecular complexity index is 470. The molecule has 1 fully saturated rings. The van der Waals surface area contributed by atoms with Gasteiger partial charge in [0.2, 0.25) is 0 Å². The third-order valence-corrected chi connectivity index (χ3v) is 4.23. The summed E-state index contributed by atoms with van der Waals surface area (Å²) < 4.78 is 5.39. The lowest BCUT2D eigenvalue weighted by atomic mass is 10.0. The monoisotopic (exact) mass is 275 g/mol. The predicted octanol–water partition coefficient (Wildman–Crippen LogP) is 4.06. The standard InChI is InChI=1S/C17H25NO2/c1-4-14-9-6-5-7-12-18(14)15-10-8-11-16(20-3)17(15)13(2)19/h8,10-11,14H,4-7,9,12H2,1-3H3. The topological polar surface area (TPSA) is 29.5 Å². The van der Waals surface area contributed by atoms with Gasteiger partial charge >= 0.3 is 0 Å². The molecule has 1 atom stereocenters. The maximum Gasteiger partial charge on any atom is 0.165 e. The van der Waals surface area contributed by atoms with Crippen molar-refractivity contribution >= 4 is 11.5 Å². The highest BCUT2D eigenvalue weighted by Crippen LogP contribution is 2.34. The summed E-state index contributed by atoms with van der Waals surface area (Å²) in [6.07, 6.45) is 6.10. The lowest BCUT2D eigenvalue weighted by Crippen LogP contribution is -2.35. The summed E-state index contributed by atoms with van der Waals surface area (Å²) in [4.78, 5) is 14.5. The van der Waals surface area contributed by atoms with Crippen LogP contribution in [0.4, 0.5) is 5.69 Å². The molecule has 1 aromatic rings. The van der Waals surface area contributed by atoms with Crippen LogP contribution in [0.25, 0.3) is 0 Å². The Morgan fingerprint density at radius 1 is 1.35 bits per heavy atom. The second-order valence-electron chi connectivity index (χ2n) is 5.52. The van der Waals surface area contributed by atoms with E-state index in [4.69, 9.17) is 4.74 Å². The van der Waals surface area contributed by atoms with E-state index in [2.05, 4.69) is 17.9 Å². The van der Waals surface area contributed by atoms with Gasteiger partial charge in [0, 0.05) is 12.6 Å². The van der Waals surface area contributed by atoms with E-state index < -0.39 is 0 Å². The number of hydrogen-bond acceptors (Lipinski definition) is 3. The molecule has 1 saturated heterocycles. The van der Waals surface area contributed by atoms with Crippen molar-refractivity contribution in [3.63, 3.8) is 0 Å². The average molecular weight is 275 g/mol. The van der Waals surface area contributed by atoms with Gasteiger partial charge in [0.25, 0.3) is 0 Å². The van der Waals surface area contributed by atoms with Crippen molar-refractivity contribution < 1.29 is 9.53 Å². The van der Waals surface area contributed by atoms with E-state index in [-0.39, 0.29) is 5.78 Å². The number of carbonyl (C=O) groups excluding carboxylic acids is 1. The number of anilines is 1. The molecule has 0 bridgehead atoms. The molecule has 1 aliphatic heterocycles. The molecule has 0 spiro atoms. The molecule has 0 radical (unpaired) electrons. The number of benzene rings is 1. The van der Waals surface area contributed by atoms with Crippen molar-refractivity contribution in [1.82, 2.24) is 0 Å². The van der Waals surface area contributed by atoms with Gasteiger partial charge in [-0.1, -0.05) is 25.8 Å². The SMILES string of the molecule is CCC1CCCCCN1c1cccc(OC)c1C(C)=O. The first-order valence-electron chi connectivity index (χ1n) is 7.63. The number of nitrogens with zero attached hydrogens (tertiary/aromatic N) is 1. The van der Waals surface area contributed by atoms with Crippen molar-refractivity contribution in [2.75, 3.05) is 18.6 Å². The summed E-state index contributed by atoms with van der Waals surface area (Å²) >= 11 is 0. The minimum absolute atomic E-state index is 0.0801. The molecule has 0 aromatic heterocycles. The molecular formula is C17H25NO2. The van der Waals surface area contributed by atoms with E-state index in [1.165, 1.54) is 25.7 Å². The highest BCUT2D eigenvalue weighted by molar-refractivity contribution is 6.02. The van der Waals surface area contributed by atoms with Crippen LogP contribution >= 0.6 is 0 Å². The molecule has 3 nitrogen and oxygen atoms in total. The zero-order chi connectivity index (χ0) is 14.5. The van der Waals surface area contributed by atoms with Crippen molar-refractivity contribution in [1.29, 1.82) is 0 Å². The summed E-state index contributed by atoms with van der Waals surface area (Å²) in [5.41, 5.74) is 1.78. The third kappa shape index (κ3) is 2.97. The number of carbonyl (C=O) groups is 1. The van der Waals surface area contributed by atoms with E-state index in [1.54, 1.807) is 14.0 Å². The predicted molar refractivity (Wildman–Crippen MR) is 82.9 cm³/mol. The van der Waals surface area contributed by atoms with Crippen LogP contribution in [0.3, 0.4) is 0 Å². The second kappa shape index (κ2) is 6.78. The van der Waals surface area contributed by atoms with Crippen LogP contribution in [-0.2, 0) is 0 Å². The molecule has 1 aliphatic rings. The molecule has 0 N–H and O–H groups in total. The van der Waals surface area contributed by atoms with Crippen LogP contribution in [0.5, 0.6) is 5.75 Å². The maximum absolute atomic E-state index is 12.1. The number of hydrogen-bond donors (Lipinski definition) is 0. The molecule has 2 rings (SSSR count). The summed E-state index contributed by atoms with van der Waals surface area (Å²) in [5, 5.41) is 0. The first-order chi connectivity index (χ1) is 9.69. The third-order valence-electron chi connectivity index (χ3n) is 4.23. The molecule has 1 heterocycles. The van der Waals surface area contributed by atoms with Crippen molar-refractivity contribution in [3.8, 4) is 5.75 Å². The van der Waals surface area contributed by atoms with Gasteiger partial charge in [-0.15, -0.1) is 0 Å². The van der Waals surface area contributed by atoms with Gasteiger partial charge in [-0.25, -0.2) is 0 Å². The first-order valence-corrected chi connectivity index (χ1v) is 7.63. The molecule has 0 amide bonds. The van der Waals surface area contributed by atoms with E-state index in [1.807, 2.05) is 12.1 Å². The Morgan fingerprint density at radius 3 is 2.80 bits per heavy atom. The highest BCUT2D eigenvalue weighted by atomic mass is 16.5. The second-order valence-corrected chi connectivity index (χ2v) is 5.52. The van der Waals surface area contributed by atoms with Crippen molar-refractivity contribution in [3.05, 3.63) is 23.8 Å². The summed E-state index contributed by atoms with van der Waals surface area (Å²) in [6.45, 7) is 4.89. The van der Waals surface area contributed by atoms with Crippen LogP contribution in [0.15, 0.2) is 18.2 Å². The van der Waals surface area contributed by atoms with E-state index >= 15 is 0 Å². The van der Waals surface area contributed by atoms with Crippen LogP contribution in [-0.4, -0.2) is 25.5 Å². The van der Waals surface area contributed by atoms with Crippen molar-refractivity contribution in [2.24, 2.45) is 0 Å². The van der Waals surface area contributed by atoms with Crippen LogP contribution in [0, 0.1) is 0 Å². The fourth-order valence-corrected chi connectivity index (χ4v) is 3.20. The molecular weight excluding hydrogens is 250 g/mol. The van der Waals surface area contributed by atoms with E-state index in [9.17, 15) is 4.79 Å². The zero-order valence-electron chi connectivity index (χ0n) is 12.8. The molecule has 0 aliphatic carbocycles. The normalized spacial score (nSPS) is 19.6. The van der Waals surface area contributed by atoms with Gasteiger partial charge in [-0.05, 0) is 38.3 Å². The highest BCUT2D eigenvalue weighted by Gasteiger charge is 2.24. The van der Waals surface area contributed by atoms with Gasteiger partial charge in [-0.2, -0.15) is 0 Å². The summed E-state index contributed by atoms with van der Waals surface area (Å²) in [6, 6.07) is 6.45. The minimum atomic E-state index is 0.0801. The van der Waals surface area contributed by atoms with Crippen LogP contribution in [0.1, 0.15) is 56.3 Å². The van der Waals surface area contributed by atoms with Crippen molar-refractivity contribution in [2.45, 2.75) is 52.0 Å². The lowest BCUT2D eigenvalue weighted by molar-refractivity contribution is 0.101. The maximum atomic E-state index is 12.1. The molecule has 1 unspecified atom stereocenters. The molecule has 1 aromatic carbocycles.